The first-order valence-corrected chi connectivity index (χ1v) is 9.16. The van der Waals surface area contributed by atoms with E-state index in [0.29, 0.717) is 21.9 Å². The van der Waals surface area contributed by atoms with E-state index in [1.165, 1.54) is 28.9 Å². The van der Waals surface area contributed by atoms with Gasteiger partial charge in [0.1, 0.15) is 17.9 Å². The molecule has 4 rings (SSSR count). The highest BCUT2D eigenvalue weighted by atomic mass is 35.5. The molecule has 0 N–H and O–H groups in total. The highest BCUT2D eigenvalue weighted by Gasteiger charge is 2.31. The Labute approximate surface area is 161 Å². The Bertz CT molecular complexity index is 1130. The van der Waals surface area contributed by atoms with Crippen LogP contribution in [0.4, 0.5) is 0 Å². The lowest BCUT2D eigenvalue weighted by atomic mass is 9.90. The number of rotatable bonds is 3. The Balaban J connectivity index is 1.85. The van der Waals surface area contributed by atoms with Crippen molar-refractivity contribution in [1.29, 1.82) is 0 Å². The number of aromatic nitrogens is 3. The second-order valence-electron chi connectivity index (χ2n) is 7.74. The van der Waals surface area contributed by atoms with Crippen LogP contribution < -0.4 is 5.56 Å². The fourth-order valence-corrected chi connectivity index (χ4v) is 4.00. The van der Waals surface area contributed by atoms with Crippen LogP contribution in [0.15, 0.2) is 35.5 Å². The van der Waals surface area contributed by atoms with Gasteiger partial charge in [-0.1, -0.05) is 25.4 Å². The van der Waals surface area contributed by atoms with Crippen LogP contribution in [-0.2, 0) is 29.0 Å². The number of hydrogen-bond acceptors (Lipinski definition) is 4. The van der Waals surface area contributed by atoms with Crippen molar-refractivity contribution in [3.63, 3.8) is 0 Å². The molecule has 0 saturated heterocycles. The molecule has 0 spiro atoms. The fraction of sp³-hybridized carbons (Fsp3) is 0.350. The number of hydrogen-bond donors (Lipinski definition) is 0. The van der Waals surface area contributed by atoms with E-state index in [4.69, 9.17) is 16.3 Å². The summed E-state index contributed by atoms with van der Waals surface area (Å²) in [5.74, 6) is -0.0489. The smallest absolute Gasteiger partial charge is 0.302 e. The Hall–Kier alpha value is -2.60. The molecule has 0 aromatic carbocycles. The molecule has 27 heavy (non-hydrogen) atoms. The van der Waals surface area contributed by atoms with Gasteiger partial charge in [-0.3, -0.25) is 14.2 Å². The van der Waals surface area contributed by atoms with E-state index in [0.717, 1.165) is 12.8 Å². The molecule has 7 heteroatoms. The zero-order valence-corrected chi connectivity index (χ0v) is 16.2. The van der Waals surface area contributed by atoms with Crippen LogP contribution in [0.25, 0.3) is 11.3 Å². The maximum atomic E-state index is 13.1. The molecule has 0 atom stereocenters. The number of halogens is 1. The molecule has 3 heterocycles. The van der Waals surface area contributed by atoms with E-state index < -0.39 is 5.97 Å². The molecule has 0 radical (unpaired) electrons. The second-order valence-corrected chi connectivity index (χ2v) is 8.14. The van der Waals surface area contributed by atoms with Gasteiger partial charge in [0.15, 0.2) is 0 Å². The largest absolute Gasteiger partial charge is 0.461 e. The second kappa shape index (κ2) is 6.23. The summed E-state index contributed by atoms with van der Waals surface area (Å²) < 4.78 is 8.52. The van der Waals surface area contributed by atoms with Crippen molar-refractivity contribution in [3.05, 3.63) is 62.9 Å². The van der Waals surface area contributed by atoms with Crippen molar-refractivity contribution in [1.82, 2.24) is 14.0 Å². The number of esters is 1. The lowest BCUT2D eigenvalue weighted by Crippen LogP contribution is -2.23. The number of fused-ring (bicyclic) bond motifs is 3. The van der Waals surface area contributed by atoms with Crippen LogP contribution in [0.2, 0.25) is 5.02 Å². The summed E-state index contributed by atoms with van der Waals surface area (Å²) in [6.45, 7) is 5.75. The summed E-state index contributed by atoms with van der Waals surface area (Å²) in [6.07, 6.45) is 7.00. The molecule has 1 aliphatic rings. The van der Waals surface area contributed by atoms with E-state index in [1.807, 2.05) is 16.7 Å². The Kier molecular flexibility index (Phi) is 4.11. The van der Waals surface area contributed by atoms with Crippen LogP contribution in [0.3, 0.4) is 0 Å². The highest BCUT2D eigenvalue weighted by molar-refractivity contribution is 6.31. The Morgan fingerprint density at radius 3 is 2.85 bits per heavy atom. The van der Waals surface area contributed by atoms with Crippen LogP contribution in [0, 0.1) is 5.41 Å². The molecule has 0 aliphatic heterocycles. The molecule has 0 saturated carbocycles. The van der Waals surface area contributed by atoms with Gasteiger partial charge in [-0.2, -0.15) is 0 Å². The molecule has 3 aromatic rings. The van der Waals surface area contributed by atoms with Gasteiger partial charge in [0, 0.05) is 31.2 Å². The first-order chi connectivity index (χ1) is 12.8. The predicted molar refractivity (Wildman–Crippen MR) is 102 cm³/mol. The van der Waals surface area contributed by atoms with Crippen molar-refractivity contribution in [3.8, 4) is 5.82 Å². The lowest BCUT2D eigenvalue weighted by Gasteiger charge is -2.16. The molecular formula is C20H20ClN3O3. The number of nitrogens with zero attached hydrogens (tertiary/aromatic N) is 3. The summed E-state index contributed by atoms with van der Waals surface area (Å²) in [4.78, 5) is 28.7. The third kappa shape index (κ3) is 3.04. The number of pyridine rings is 1. The number of carbonyl (C=O) groups is 1. The standard InChI is InChI=1S/C20H20ClN3O3/c1-12(25)27-11-14-15(21)4-5-22-18(14)24-7-6-23-16(19(24)26)8-13-9-20(2,3)10-17(13)23/h4-8H,9-11H2,1-3H3. The van der Waals surface area contributed by atoms with E-state index >= 15 is 0 Å². The zero-order chi connectivity index (χ0) is 19.3. The molecule has 140 valence electrons. The predicted octanol–water partition coefficient (Wildman–Crippen LogP) is 3.33. The molecule has 3 aromatic heterocycles. The maximum absolute atomic E-state index is 13.1. The molecule has 1 aliphatic carbocycles. The van der Waals surface area contributed by atoms with Crippen molar-refractivity contribution >= 4 is 23.1 Å². The molecular weight excluding hydrogens is 366 g/mol. The minimum atomic E-state index is -0.422. The minimum absolute atomic E-state index is 0.0410. The summed E-state index contributed by atoms with van der Waals surface area (Å²) in [7, 11) is 0. The van der Waals surface area contributed by atoms with E-state index in [-0.39, 0.29) is 17.6 Å². The quantitative estimate of drug-likeness (QED) is 0.649. The van der Waals surface area contributed by atoms with Gasteiger partial charge >= 0.3 is 5.97 Å². The Morgan fingerprint density at radius 1 is 1.33 bits per heavy atom. The first-order valence-electron chi connectivity index (χ1n) is 8.78. The summed E-state index contributed by atoms with van der Waals surface area (Å²) >= 11 is 6.27. The monoisotopic (exact) mass is 385 g/mol. The summed E-state index contributed by atoms with van der Waals surface area (Å²) in [5, 5.41) is 0.396. The van der Waals surface area contributed by atoms with Gasteiger partial charge in [-0.25, -0.2) is 4.98 Å². The van der Waals surface area contributed by atoms with Crippen molar-refractivity contribution in [2.75, 3.05) is 0 Å². The highest BCUT2D eigenvalue weighted by Crippen LogP contribution is 2.37. The topological polar surface area (TPSA) is 65.6 Å². The van der Waals surface area contributed by atoms with Crippen LogP contribution in [0.1, 0.15) is 37.6 Å². The Morgan fingerprint density at radius 2 is 2.11 bits per heavy atom. The number of ether oxygens (including phenoxy) is 1. The SMILES string of the molecule is CC(=O)OCc1c(Cl)ccnc1-n1ccn2c3c(cc2c1=O)CC(C)(C)C3. The van der Waals surface area contributed by atoms with Crippen LogP contribution >= 0.6 is 11.6 Å². The van der Waals surface area contributed by atoms with Gasteiger partial charge in [0.25, 0.3) is 5.56 Å². The molecule has 0 unspecified atom stereocenters. The van der Waals surface area contributed by atoms with E-state index in [2.05, 4.69) is 18.8 Å². The molecule has 0 amide bonds. The van der Waals surface area contributed by atoms with Crippen LogP contribution in [0.5, 0.6) is 0 Å². The first kappa shape index (κ1) is 17.8. The van der Waals surface area contributed by atoms with Crippen LogP contribution in [-0.4, -0.2) is 19.9 Å². The van der Waals surface area contributed by atoms with Crippen molar-refractivity contribution < 1.29 is 9.53 Å². The van der Waals surface area contributed by atoms with Crippen molar-refractivity contribution in [2.24, 2.45) is 5.41 Å². The average molecular weight is 386 g/mol. The minimum Gasteiger partial charge on any atom is -0.461 e. The summed E-state index contributed by atoms with van der Waals surface area (Å²) in [5.41, 5.74) is 3.56. The van der Waals surface area contributed by atoms with Crippen molar-refractivity contribution in [2.45, 2.75) is 40.2 Å². The van der Waals surface area contributed by atoms with E-state index in [1.54, 1.807) is 12.3 Å². The normalized spacial score (nSPS) is 15.1. The lowest BCUT2D eigenvalue weighted by molar-refractivity contribution is -0.142. The van der Waals surface area contributed by atoms with E-state index in [9.17, 15) is 9.59 Å². The van der Waals surface area contributed by atoms with Gasteiger partial charge in [0.05, 0.1) is 10.6 Å². The van der Waals surface area contributed by atoms with Gasteiger partial charge in [-0.15, -0.1) is 0 Å². The fourth-order valence-electron chi connectivity index (χ4n) is 3.80. The summed E-state index contributed by atoms with van der Waals surface area (Å²) in [6, 6.07) is 3.58. The molecule has 0 fully saturated rings. The van der Waals surface area contributed by atoms with Gasteiger partial charge < -0.3 is 9.14 Å². The van der Waals surface area contributed by atoms with Gasteiger partial charge in [0.2, 0.25) is 0 Å². The molecule has 0 bridgehead atoms. The third-order valence-electron chi connectivity index (χ3n) is 4.97. The maximum Gasteiger partial charge on any atom is 0.302 e. The zero-order valence-electron chi connectivity index (χ0n) is 15.5. The third-order valence-corrected chi connectivity index (χ3v) is 5.33. The average Bonchev–Trinajstić information content (AvgIpc) is 3.06. The number of carbonyl (C=O) groups excluding carboxylic acids is 1. The molecule has 6 nitrogen and oxygen atoms in total. The van der Waals surface area contributed by atoms with Gasteiger partial charge in [-0.05, 0) is 36.0 Å².